The lowest BCUT2D eigenvalue weighted by Gasteiger charge is -2.16. The Kier molecular flexibility index (Phi) is 24.1. The number of fused-ring (bicyclic) bond motifs is 12. The van der Waals surface area contributed by atoms with Gasteiger partial charge in [-0.15, -0.1) is 0 Å². The molecule has 19 aromatic carbocycles. The van der Waals surface area contributed by atoms with E-state index in [2.05, 4.69) is 190 Å². The van der Waals surface area contributed by atoms with E-state index >= 15 is 0 Å². The summed E-state index contributed by atoms with van der Waals surface area (Å²) >= 11 is 0. The molecular formula is C122H82N10O3. The highest BCUT2D eigenvalue weighted by Crippen LogP contribution is 2.46. The molecule has 13 heteroatoms. The Labute approximate surface area is 777 Å². The fraction of sp³-hybridized carbons (Fsp3) is 0.0328. The first-order valence-electron chi connectivity index (χ1n) is 44.3. The first-order chi connectivity index (χ1) is 66.2. The van der Waals surface area contributed by atoms with Crippen LogP contribution >= 0.6 is 0 Å². The lowest BCUT2D eigenvalue weighted by molar-refractivity contribution is 1.19. The summed E-state index contributed by atoms with van der Waals surface area (Å²) in [6, 6.07) is 147. The van der Waals surface area contributed by atoms with Crippen molar-refractivity contribution in [3.05, 3.63) is 506 Å². The summed E-state index contributed by atoms with van der Waals surface area (Å²) in [5.74, 6) is 0. The zero-order valence-electron chi connectivity index (χ0n) is 74.1. The van der Waals surface area contributed by atoms with Crippen LogP contribution in [-0.4, -0.2) is 28.2 Å². The van der Waals surface area contributed by atoms with Crippen LogP contribution in [-0.2, 0) is 0 Å². The SMILES string of the molecule is Cc1ccccc1.Cc1ccccc1.Cc1ccccc1.Cc1ccccc1.N#Cc1ccc2c(=O)n3c4cc(-c5ccccc5)cc(-c5ccccc5)c4nc3c3ccc(C#N)c1c23.N#Cc1ccc2c(c1)nc1c3ccc(-c4ccccc4)c4c(-c5ccccc5)ccc(c(=O)n21)c43.[C-]#[N+]c1ccc2nc3c4ccc(-c5ccccc5)c5c(-c6ccccc6)ccc(c(=O)n3c2c1)c54. The van der Waals surface area contributed by atoms with Crippen LogP contribution in [0.15, 0.2) is 439 Å². The molecule has 25 rings (SSSR count). The molecule has 0 saturated carbocycles. The predicted octanol–water partition coefficient (Wildman–Crippen LogP) is 28.9. The standard InChI is InChI=1S/C32H16N4O.2C31H17N3O.4C7H8/c33-17-21-11-13-24-29-25(14-12-22(18-34)28(21)29)32(37)36-27-16-23(19-7-3-1-4-8-19)15-26(30(27)35-31(24)36)20-9-5-2-6-10-20;1-32-21-12-17-26-27(18-21)34-30(33-26)24-15-13-22(19-8-4-2-5-9-19)28-23(20-10-6-3-7-11-20)14-16-25(29(24)28)31(34)35;32-18-19-11-16-27-26(17-19)33-30-24-14-12-22(20-7-3-1-4-8-20)28-23(21-9-5-2-6-10-21)13-15-25(29(24)28)31(35)34(27)30;4*1-7-5-3-2-4-6-7/h1-16H;2-18H;1-17H;4*2-6H,1H3. The number of benzene rings is 19. The minimum atomic E-state index is -0.223. The van der Waals surface area contributed by atoms with Crippen LogP contribution in [0.1, 0.15) is 38.9 Å². The molecule has 0 atom stereocenters. The third kappa shape index (κ3) is 16.8. The average molecular weight is 1740 g/mol. The van der Waals surface area contributed by atoms with Gasteiger partial charge in [-0.1, -0.05) is 356 Å². The van der Waals surface area contributed by atoms with Crippen molar-refractivity contribution >= 4 is 120 Å². The molecule has 0 amide bonds. The molecule has 0 aliphatic carbocycles. The highest BCUT2D eigenvalue weighted by Gasteiger charge is 2.26. The number of aromatic nitrogens is 6. The van der Waals surface area contributed by atoms with Crippen LogP contribution in [0.2, 0.25) is 0 Å². The van der Waals surface area contributed by atoms with E-state index in [0.717, 1.165) is 110 Å². The third-order valence-corrected chi connectivity index (χ3v) is 24.4. The minimum Gasteiger partial charge on any atom is -0.268 e. The van der Waals surface area contributed by atoms with E-state index in [1.54, 1.807) is 61.7 Å². The molecule has 0 aliphatic heterocycles. The van der Waals surface area contributed by atoms with Gasteiger partial charge in [-0.25, -0.2) is 19.8 Å². The number of imidazole rings is 3. The highest BCUT2D eigenvalue weighted by atomic mass is 16.1. The largest absolute Gasteiger partial charge is 0.268 e. The lowest BCUT2D eigenvalue weighted by Crippen LogP contribution is -2.13. The molecule has 13 nitrogen and oxygen atoms in total. The van der Waals surface area contributed by atoms with Crippen molar-refractivity contribution in [3.63, 3.8) is 0 Å². The monoisotopic (exact) mass is 1730 g/mol. The van der Waals surface area contributed by atoms with Crippen LogP contribution < -0.4 is 16.7 Å². The first-order valence-corrected chi connectivity index (χ1v) is 44.3. The predicted molar refractivity (Wildman–Crippen MR) is 553 cm³/mol. The molecule has 135 heavy (non-hydrogen) atoms. The van der Waals surface area contributed by atoms with Crippen LogP contribution in [0.5, 0.6) is 0 Å². The highest BCUT2D eigenvalue weighted by molar-refractivity contribution is 6.25. The molecule has 25 aromatic rings. The normalized spacial score (nSPS) is 10.9. The summed E-state index contributed by atoms with van der Waals surface area (Å²) in [6.07, 6.45) is 0. The number of aryl methyl sites for hydroxylation is 4. The molecule has 0 N–H and O–H groups in total. The molecule has 0 unspecified atom stereocenters. The van der Waals surface area contributed by atoms with Crippen molar-refractivity contribution in [2.24, 2.45) is 0 Å². The Hall–Kier alpha value is -18.7. The van der Waals surface area contributed by atoms with Crippen molar-refractivity contribution in [2.75, 3.05) is 0 Å². The van der Waals surface area contributed by atoms with Gasteiger partial charge in [0, 0.05) is 59.4 Å². The van der Waals surface area contributed by atoms with Crippen molar-refractivity contribution in [2.45, 2.75) is 27.7 Å². The summed E-state index contributed by atoms with van der Waals surface area (Å²) in [5.41, 5.74) is 25.2. The maximum absolute atomic E-state index is 14.0. The van der Waals surface area contributed by atoms with Crippen molar-refractivity contribution in [1.82, 2.24) is 28.2 Å². The van der Waals surface area contributed by atoms with Gasteiger partial charge in [-0.05, 0) is 191 Å². The number of hydrogen-bond acceptors (Lipinski definition) is 9. The molecule has 0 spiro atoms. The average Bonchev–Trinajstić information content (AvgIpc) is 1.62. The van der Waals surface area contributed by atoms with E-state index in [9.17, 15) is 30.2 Å². The van der Waals surface area contributed by atoms with E-state index in [0.29, 0.717) is 93.8 Å². The van der Waals surface area contributed by atoms with Crippen LogP contribution in [0.25, 0.3) is 186 Å². The Balaban J connectivity index is 0.000000113. The molecule has 6 heterocycles. The fourth-order valence-electron chi connectivity index (χ4n) is 18.0. The molecule has 0 aliphatic rings. The van der Waals surface area contributed by atoms with E-state index in [1.165, 1.54) is 22.3 Å². The molecule has 6 aromatic heterocycles. The zero-order valence-corrected chi connectivity index (χ0v) is 74.1. The zero-order chi connectivity index (χ0) is 92.6. The second kappa shape index (κ2) is 37.9. The summed E-state index contributed by atoms with van der Waals surface area (Å²) in [6.45, 7) is 15.7. The van der Waals surface area contributed by atoms with Gasteiger partial charge in [-0.3, -0.25) is 27.6 Å². The molecule has 0 radical (unpaired) electrons. The quantitative estimate of drug-likeness (QED) is 0.146. The van der Waals surface area contributed by atoms with Gasteiger partial charge < -0.3 is 0 Å². The van der Waals surface area contributed by atoms with Gasteiger partial charge in [0.15, 0.2) is 5.69 Å². The smallest absolute Gasteiger partial charge is 0.264 e. The maximum atomic E-state index is 14.0. The number of nitrogens with zero attached hydrogens (tertiary/aromatic N) is 10. The third-order valence-electron chi connectivity index (χ3n) is 24.4. The van der Waals surface area contributed by atoms with Crippen LogP contribution in [0.3, 0.4) is 0 Å². The van der Waals surface area contributed by atoms with Crippen molar-refractivity contribution < 1.29 is 0 Å². The molecule has 0 saturated heterocycles. The first kappa shape index (κ1) is 85.8. The molecule has 638 valence electrons. The number of rotatable bonds is 6. The van der Waals surface area contributed by atoms with Gasteiger partial charge >= 0.3 is 0 Å². The molecule has 0 fully saturated rings. The van der Waals surface area contributed by atoms with E-state index < -0.39 is 0 Å². The summed E-state index contributed by atoms with van der Waals surface area (Å²) < 4.78 is 5.01. The van der Waals surface area contributed by atoms with Gasteiger partial charge in [0.1, 0.15) is 16.9 Å². The van der Waals surface area contributed by atoms with E-state index in [-0.39, 0.29) is 16.7 Å². The number of hydrogen-bond donors (Lipinski definition) is 0. The van der Waals surface area contributed by atoms with Gasteiger partial charge in [0.05, 0.1) is 74.6 Å². The Morgan fingerprint density at radius 2 is 0.570 bits per heavy atom. The fourth-order valence-corrected chi connectivity index (χ4v) is 18.0. The second-order valence-corrected chi connectivity index (χ2v) is 33.0. The van der Waals surface area contributed by atoms with Crippen molar-refractivity contribution in [1.29, 1.82) is 15.8 Å². The lowest BCUT2D eigenvalue weighted by atomic mass is 9.88. The molecule has 0 bridgehead atoms. The Morgan fingerprint density at radius 3 is 0.933 bits per heavy atom. The number of nitriles is 3. The van der Waals surface area contributed by atoms with Gasteiger partial charge in [0.25, 0.3) is 16.7 Å². The van der Waals surface area contributed by atoms with Gasteiger partial charge in [0.2, 0.25) is 0 Å². The summed E-state index contributed by atoms with van der Waals surface area (Å²) in [5, 5.41) is 38.2. The summed E-state index contributed by atoms with van der Waals surface area (Å²) in [7, 11) is 0. The molecular weight excluding hydrogens is 1650 g/mol. The summed E-state index contributed by atoms with van der Waals surface area (Å²) in [4.78, 5) is 60.1. The number of pyridine rings is 3. The minimum absolute atomic E-state index is 0.102. The van der Waals surface area contributed by atoms with Gasteiger partial charge in [-0.2, -0.15) is 15.8 Å². The maximum Gasteiger partial charge on any atom is 0.264 e. The van der Waals surface area contributed by atoms with Crippen molar-refractivity contribution in [3.8, 4) is 85.0 Å². The second-order valence-electron chi connectivity index (χ2n) is 33.0. The Morgan fingerprint density at radius 1 is 0.252 bits per heavy atom. The van der Waals surface area contributed by atoms with Crippen LogP contribution in [0, 0.1) is 68.3 Å². The topological polar surface area (TPSA) is 179 Å². The Bertz CT molecular complexity index is 8700. The van der Waals surface area contributed by atoms with E-state index in [1.807, 2.05) is 237 Å². The van der Waals surface area contributed by atoms with Crippen LogP contribution in [0.4, 0.5) is 5.69 Å². The van der Waals surface area contributed by atoms with E-state index in [4.69, 9.17) is 21.5 Å².